The van der Waals surface area contributed by atoms with Gasteiger partial charge >= 0.3 is 0 Å². The van der Waals surface area contributed by atoms with Gasteiger partial charge in [0.2, 0.25) is 0 Å². The van der Waals surface area contributed by atoms with Crippen LogP contribution in [0.15, 0.2) is 0 Å². The molecule has 0 aromatic heterocycles. The van der Waals surface area contributed by atoms with Gasteiger partial charge in [0.05, 0.1) is 0 Å². The Morgan fingerprint density at radius 3 is 2.14 bits per heavy atom. The van der Waals surface area contributed by atoms with Crippen molar-refractivity contribution in [3.05, 3.63) is 0 Å². The van der Waals surface area contributed by atoms with Crippen molar-refractivity contribution in [2.75, 3.05) is 26.7 Å². The van der Waals surface area contributed by atoms with Gasteiger partial charge < -0.3 is 10.2 Å². The summed E-state index contributed by atoms with van der Waals surface area (Å²) in [6, 6.07) is 0.598. The van der Waals surface area contributed by atoms with E-state index in [1.807, 2.05) is 0 Å². The molecule has 2 heteroatoms. The molecule has 0 aliphatic carbocycles. The van der Waals surface area contributed by atoms with Crippen LogP contribution < -0.4 is 5.32 Å². The first kappa shape index (κ1) is 13.9. The molecule has 0 aromatic rings. The van der Waals surface area contributed by atoms with Crippen molar-refractivity contribution in [2.24, 2.45) is 11.8 Å². The molecule has 0 spiro atoms. The predicted molar refractivity (Wildman–Crippen MR) is 64.6 cm³/mol. The van der Waals surface area contributed by atoms with Gasteiger partial charge in [-0.3, -0.25) is 0 Å². The molecule has 0 heterocycles. The normalized spacial score (nSPS) is 16.3. The lowest BCUT2D eigenvalue weighted by Crippen LogP contribution is -2.39. The summed E-state index contributed by atoms with van der Waals surface area (Å²) in [5.74, 6) is 1.54. The molecule has 1 N–H and O–H groups in total. The Bertz CT molecular complexity index is 134. The molecule has 2 atom stereocenters. The van der Waals surface area contributed by atoms with E-state index in [1.54, 1.807) is 0 Å². The van der Waals surface area contributed by atoms with E-state index in [2.05, 4.69) is 51.9 Å². The molecular formula is C12H28N2. The van der Waals surface area contributed by atoms with Gasteiger partial charge in [0.25, 0.3) is 0 Å². The summed E-state index contributed by atoms with van der Waals surface area (Å²) < 4.78 is 0. The van der Waals surface area contributed by atoms with Crippen molar-refractivity contribution >= 4 is 0 Å². The maximum Gasteiger partial charge on any atom is 0.0166 e. The lowest BCUT2D eigenvalue weighted by molar-refractivity contribution is 0.292. The zero-order valence-corrected chi connectivity index (χ0v) is 10.8. The molecule has 0 fully saturated rings. The molecule has 0 aromatic carbocycles. The molecular weight excluding hydrogens is 172 g/mol. The van der Waals surface area contributed by atoms with E-state index >= 15 is 0 Å². The average Bonchev–Trinajstić information content (AvgIpc) is 2.13. The third kappa shape index (κ3) is 6.39. The van der Waals surface area contributed by atoms with Crippen LogP contribution in [-0.2, 0) is 0 Å². The second kappa shape index (κ2) is 7.24. The van der Waals surface area contributed by atoms with E-state index in [0.717, 1.165) is 31.5 Å². The van der Waals surface area contributed by atoms with Gasteiger partial charge in [0.1, 0.15) is 0 Å². The fraction of sp³-hybridized carbons (Fsp3) is 1.00. The zero-order valence-electron chi connectivity index (χ0n) is 10.8. The molecule has 0 radical (unpaired) electrons. The Morgan fingerprint density at radius 1 is 1.14 bits per heavy atom. The van der Waals surface area contributed by atoms with Crippen molar-refractivity contribution < 1.29 is 0 Å². The molecule has 0 bridgehead atoms. The topological polar surface area (TPSA) is 15.3 Å². The summed E-state index contributed by atoms with van der Waals surface area (Å²) in [5, 5.41) is 3.59. The van der Waals surface area contributed by atoms with Crippen molar-refractivity contribution in [1.82, 2.24) is 10.2 Å². The molecule has 86 valence electrons. The highest BCUT2D eigenvalue weighted by Crippen LogP contribution is 2.07. The maximum absolute atomic E-state index is 3.59. The summed E-state index contributed by atoms with van der Waals surface area (Å²) in [5.41, 5.74) is 0. The molecule has 0 saturated heterocycles. The van der Waals surface area contributed by atoms with Gasteiger partial charge in [0, 0.05) is 12.6 Å². The van der Waals surface area contributed by atoms with E-state index < -0.39 is 0 Å². The van der Waals surface area contributed by atoms with Crippen LogP contribution in [0.5, 0.6) is 0 Å². The van der Waals surface area contributed by atoms with Crippen molar-refractivity contribution in [3.63, 3.8) is 0 Å². The van der Waals surface area contributed by atoms with E-state index in [9.17, 15) is 0 Å². The first-order valence-corrected chi connectivity index (χ1v) is 5.89. The SMILES string of the molecule is CCN(C)CC(C)NCC(C)C(C)C. The molecule has 0 rings (SSSR count). The number of likely N-dealkylation sites (N-methyl/N-ethyl adjacent to an activating group) is 1. The third-order valence-corrected chi connectivity index (χ3v) is 3.05. The molecule has 0 aliphatic heterocycles. The van der Waals surface area contributed by atoms with Gasteiger partial charge in [-0.25, -0.2) is 0 Å². The van der Waals surface area contributed by atoms with Crippen LogP contribution in [0.3, 0.4) is 0 Å². The number of hydrogen-bond donors (Lipinski definition) is 1. The highest BCUT2D eigenvalue weighted by atomic mass is 15.1. The van der Waals surface area contributed by atoms with E-state index in [-0.39, 0.29) is 0 Å². The van der Waals surface area contributed by atoms with E-state index in [4.69, 9.17) is 0 Å². The van der Waals surface area contributed by atoms with Crippen LogP contribution in [0.2, 0.25) is 0 Å². The third-order valence-electron chi connectivity index (χ3n) is 3.05. The van der Waals surface area contributed by atoms with Crippen LogP contribution in [0.1, 0.15) is 34.6 Å². The van der Waals surface area contributed by atoms with Crippen LogP contribution in [0, 0.1) is 11.8 Å². The summed E-state index contributed by atoms with van der Waals surface area (Å²) in [4.78, 5) is 2.34. The van der Waals surface area contributed by atoms with Crippen LogP contribution in [0.4, 0.5) is 0 Å². The largest absolute Gasteiger partial charge is 0.313 e. The van der Waals surface area contributed by atoms with Crippen molar-refractivity contribution in [2.45, 2.75) is 40.7 Å². The maximum atomic E-state index is 3.59. The zero-order chi connectivity index (χ0) is 11.1. The number of rotatable bonds is 7. The molecule has 2 nitrogen and oxygen atoms in total. The molecule has 0 saturated carbocycles. The molecule has 2 unspecified atom stereocenters. The summed E-state index contributed by atoms with van der Waals surface area (Å²) >= 11 is 0. The van der Waals surface area contributed by atoms with Crippen LogP contribution in [-0.4, -0.2) is 37.6 Å². The minimum atomic E-state index is 0.598. The Hall–Kier alpha value is -0.0800. The van der Waals surface area contributed by atoms with E-state index in [1.165, 1.54) is 0 Å². The lowest BCUT2D eigenvalue weighted by Gasteiger charge is -2.23. The second-order valence-corrected chi connectivity index (χ2v) is 4.89. The summed E-state index contributed by atoms with van der Waals surface area (Å²) in [6.07, 6.45) is 0. The fourth-order valence-electron chi connectivity index (χ4n) is 1.28. The quantitative estimate of drug-likeness (QED) is 0.678. The van der Waals surface area contributed by atoms with Crippen molar-refractivity contribution in [3.8, 4) is 0 Å². The van der Waals surface area contributed by atoms with Gasteiger partial charge in [-0.2, -0.15) is 0 Å². The molecule has 0 amide bonds. The minimum Gasteiger partial charge on any atom is -0.313 e. The lowest BCUT2D eigenvalue weighted by atomic mass is 9.98. The van der Waals surface area contributed by atoms with Crippen LogP contribution in [0.25, 0.3) is 0 Å². The Labute approximate surface area is 90.1 Å². The first-order chi connectivity index (χ1) is 6.47. The molecule has 0 aliphatic rings. The Morgan fingerprint density at radius 2 is 1.71 bits per heavy atom. The average molecular weight is 200 g/mol. The van der Waals surface area contributed by atoms with Gasteiger partial charge in [-0.05, 0) is 38.9 Å². The fourth-order valence-corrected chi connectivity index (χ4v) is 1.28. The minimum absolute atomic E-state index is 0.598. The predicted octanol–water partition coefficient (Wildman–Crippen LogP) is 2.21. The highest BCUT2D eigenvalue weighted by molar-refractivity contribution is 4.68. The second-order valence-electron chi connectivity index (χ2n) is 4.89. The first-order valence-electron chi connectivity index (χ1n) is 5.89. The van der Waals surface area contributed by atoms with Crippen LogP contribution >= 0.6 is 0 Å². The number of hydrogen-bond acceptors (Lipinski definition) is 2. The summed E-state index contributed by atoms with van der Waals surface area (Å²) in [6.45, 7) is 14.8. The van der Waals surface area contributed by atoms with E-state index in [0.29, 0.717) is 6.04 Å². The summed E-state index contributed by atoms with van der Waals surface area (Å²) in [7, 11) is 2.17. The van der Waals surface area contributed by atoms with Gasteiger partial charge in [-0.15, -0.1) is 0 Å². The van der Waals surface area contributed by atoms with Gasteiger partial charge in [0.15, 0.2) is 0 Å². The standard InChI is InChI=1S/C12H28N2/c1-7-14(6)9-12(5)13-8-11(4)10(2)3/h10-13H,7-9H2,1-6H3. The van der Waals surface area contributed by atoms with Gasteiger partial charge in [-0.1, -0.05) is 27.7 Å². The monoisotopic (exact) mass is 200 g/mol. The number of nitrogens with zero attached hydrogens (tertiary/aromatic N) is 1. The smallest absolute Gasteiger partial charge is 0.0166 e. The Balaban J connectivity index is 3.58. The van der Waals surface area contributed by atoms with Crippen molar-refractivity contribution in [1.29, 1.82) is 0 Å². The Kier molecular flexibility index (Phi) is 7.20. The number of nitrogens with one attached hydrogen (secondary N) is 1. The highest BCUT2D eigenvalue weighted by Gasteiger charge is 2.09. The molecule has 14 heavy (non-hydrogen) atoms.